The summed E-state index contributed by atoms with van der Waals surface area (Å²) in [7, 11) is 0. The summed E-state index contributed by atoms with van der Waals surface area (Å²) in [6, 6.07) is 7.23. The lowest BCUT2D eigenvalue weighted by Gasteiger charge is -2.27. The SMILES string of the molecule is CCCCC1CCC(C(=O)NCC#Cc2ccc(C(C)=O)cc2)CC1. The minimum Gasteiger partial charge on any atom is -0.345 e. The maximum Gasteiger partial charge on any atom is 0.223 e. The highest BCUT2D eigenvalue weighted by atomic mass is 16.1. The summed E-state index contributed by atoms with van der Waals surface area (Å²) in [5.41, 5.74) is 1.55. The van der Waals surface area contributed by atoms with Gasteiger partial charge in [0, 0.05) is 17.0 Å². The summed E-state index contributed by atoms with van der Waals surface area (Å²) < 4.78 is 0. The van der Waals surface area contributed by atoms with Crippen LogP contribution in [0.4, 0.5) is 0 Å². The Hall–Kier alpha value is -2.08. The minimum atomic E-state index is 0.0520. The van der Waals surface area contributed by atoms with Crippen molar-refractivity contribution < 1.29 is 9.59 Å². The van der Waals surface area contributed by atoms with Crippen LogP contribution in [0.1, 0.15) is 74.7 Å². The van der Waals surface area contributed by atoms with Crippen molar-refractivity contribution in [1.29, 1.82) is 0 Å². The summed E-state index contributed by atoms with van der Waals surface area (Å²) in [4.78, 5) is 23.5. The highest BCUT2D eigenvalue weighted by Gasteiger charge is 2.25. The Morgan fingerprint density at radius 1 is 1.12 bits per heavy atom. The number of rotatable bonds is 6. The standard InChI is InChI=1S/C22H29NO2/c1-3-4-6-18-10-14-21(15-11-18)22(25)23-16-5-7-19-8-12-20(13-9-19)17(2)24/h8-9,12-13,18,21H,3-4,6,10-11,14-16H2,1-2H3,(H,23,25). The number of hydrogen-bond donors (Lipinski definition) is 1. The number of nitrogens with one attached hydrogen (secondary N) is 1. The minimum absolute atomic E-state index is 0.0520. The fraction of sp³-hybridized carbons (Fsp3) is 0.545. The lowest BCUT2D eigenvalue weighted by atomic mass is 9.79. The van der Waals surface area contributed by atoms with Gasteiger partial charge in [-0.15, -0.1) is 0 Å². The number of hydrogen-bond acceptors (Lipinski definition) is 2. The van der Waals surface area contributed by atoms with E-state index in [4.69, 9.17) is 0 Å². The summed E-state index contributed by atoms with van der Waals surface area (Å²) in [6.45, 7) is 4.16. The van der Waals surface area contributed by atoms with Gasteiger partial charge in [-0.1, -0.05) is 50.2 Å². The molecule has 3 nitrogen and oxygen atoms in total. The molecule has 0 aliphatic heterocycles. The third kappa shape index (κ3) is 6.38. The Morgan fingerprint density at radius 2 is 1.80 bits per heavy atom. The molecule has 0 unspecified atom stereocenters. The van der Waals surface area contributed by atoms with Gasteiger partial charge < -0.3 is 5.32 Å². The van der Waals surface area contributed by atoms with Crippen molar-refractivity contribution in [3.05, 3.63) is 35.4 Å². The monoisotopic (exact) mass is 339 g/mol. The van der Waals surface area contributed by atoms with Crippen LogP contribution in [0.25, 0.3) is 0 Å². The third-order valence-corrected chi connectivity index (χ3v) is 5.06. The lowest BCUT2D eigenvalue weighted by molar-refractivity contribution is -0.125. The molecule has 0 heterocycles. The molecule has 1 fully saturated rings. The summed E-state index contributed by atoms with van der Waals surface area (Å²) >= 11 is 0. The van der Waals surface area contributed by atoms with Gasteiger partial charge in [-0.3, -0.25) is 9.59 Å². The molecule has 1 aliphatic carbocycles. The molecule has 3 heteroatoms. The normalized spacial score (nSPS) is 19.6. The second kappa shape index (κ2) is 10.0. The Bertz CT molecular complexity index is 628. The highest BCUT2D eigenvalue weighted by Crippen LogP contribution is 2.31. The van der Waals surface area contributed by atoms with Crippen LogP contribution in [0.5, 0.6) is 0 Å². The molecule has 2 rings (SSSR count). The van der Waals surface area contributed by atoms with Crippen molar-refractivity contribution in [1.82, 2.24) is 5.32 Å². The molecule has 25 heavy (non-hydrogen) atoms. The van der Waals surface area contributed by atoms with Gasteiger partial charge in [-0.2, -0.15) is 0 Å². The Labute approximate surface area is 151 Å². The molecule has 1 saturated carbocycles. The Balaban J connectivity index is 1.71. The van der Waals surface area contributed by atoms with E-state index in [0.717, 1.165) is 24.3 Å². The first-order chi connectivity index (χ1) is 12.1. The molecule has 1 amide bonds. The number of amides is 1. The zero-order valence-electron chi connectivity index (χ0n) is 15.4. The predicted molar refractivity (Wildman–Crippen MR) is 101 cm³/mol. The van der Waals surface area contributed by atoms with Crippen molar-refractivity contribution in [3.8, 4) is 11.8 Å². The van der Waals surface area contributed by atoms with Gasteiger partial charge in [0.1, 0.15) is 0 Å². The highest BCUT2D eigenvalue weighted by molar-refractivity contribution is 5.94. The molecule has 0 spiro atoms. The van der Waals surface area contributed by atoms with Gasteiger partial charge >= 0.3 is 0 Å². The number of Topliss-reactive ketones (excluding diaryl/α,β-unsaturated/α-hetero) is 1. The lowest BCUT2D eigenvalue weighted by Crippen LogP contribution is -2.33. The van der Waals surface area contributed by atoms with Crippen LogP contribution in [0.15, 0.2) is 24.3 Å². The number of ketones is 1. The van der Waals surface area contributed by atoms with Crippen LogP contribution in [0, 0.1) is 23.7 Å². The van der Waals surface area contributed by atoms with Gasteiger partial charge in [-0.05, 0) is 50.7 Å². The van der Waals surface area contributed by atoms with Crippen LogP contribution in [0.2, 0.25) is 0 Å². The van der Waals surface area contributed by atoms with Gasteiger partial charge in [0.25, 0.3) is 0 Å². The molecule has 1 aromatic rings. The van der Waals surface area contributed by atoms with E-state index in [2.05, 4.69) is 24.1 Å². The maximum absolute atomic E-state index is 12.2. The van der Waals surface area contributed by atoms with E-state index in [0.29, 0.717) is 12.1 Å². The Kier molecular flexibility index (Phi) is 7.73. The quantitative estimate of drug-likeness (QED) is 0.618. The first-order valence-electron chi connectivity index (χ1n) is 9.47. The van der Waals surface area contributed by atoms with Gasteiger partial charge in [0.05, 0.1) is 6.54 Å². The van der Waals surface area contributed by atoms with Crippen LogP contribution in [0.3, 0.4) is 0 Å². The fourth-order valence-corrected chi connectivity index (χ4v) is 3.42. The van der Waals surface area contributed by atoms with Crippen molar-refractivity contribution in [3.63, 3.8) is 0 Å². The van der Waals surface area contributed by atoms with Crippen molar-refractivity contribution in [2.75, 3.05) is 6.54 Å². The van der Waals surface area contributed by atoms with E-state index in [-0.39, 0.29) is 17.6 Å². The van der Waals surface area contributed by atoms with Crippen LogP contribution < -0.4 is 5.32 Å². The maximum atomic E-state index is 12.2. The average molecular weight is 339 g/mol. The number of carbonyl (C=O) groups excluding carboxylic acids is 2. The molecule has 0 bridgehead atoms. The second-order valence-electron chi connectivity index (χ2n) is 7.01. The molecule has 134 valence electrons. The summed E-state index contributed by atoms with van der Waals surface area (Å²) in [5, 5.41) is 2.94. The van der Waals surface area contributed by atoms with Gasteiger partial charge in [0.2, 0.25) is 5.91 Å². The van der Waals surface area contributed by atoms with E-state index in [9.17, 15) is 9.59 Å². The largest absolute Gasteiger partial charge is 0.345 e. The molecule has 1 aliphatic rings. The molecular formula is C22H29NO2. The average Bonchev–Trinajstić information content (AvgIpc) is 2.64. The number of carbonyl (C=O) groups is 2. The second-order valence-corrected chi connectivity index (χ2v) is 7.01. The first-order valence-corrected chi connectivity index (χ1v) is 9.47. The van der Waals surface area contributed by atoms with Crippen molar-refractivity contribution in [2.24, 2.45) is 11.8 Å². The van der Waals surface area contributed by atoms with Crippen LogP contribution in [-0.2, 0) is 4.79 Å². The zero-order valence-corrected chi connectivity index (χ0v) is 15.4. The van der Waals surface area contributed by atoms with Crippen LogP contribution in [-0.4, -0.2) is 18.2 Å². The summed E-state index contributed by atoms with van der Waals surface area (Å²) in [6.07, 6.45) is 8.29. The van der Waals surface area contributed by atoms with Crippen molar-refractivity contribution in [2.45, 2.75) is 58.8 Å². The summed E-state index contributed by atoms with van der Waals surface area (Å²) in [5.74, 6) is 7.20. The smallest absolute Gasteiger partial charge is 0.223 e. The van der Waals surface area contributed by atoms with Crippen molar-refractivity contribution >= 4 is 11.7 Å². The van der Waals surface area contributed by atoms with E-state index in [1.807, 2.05) is 12.1 Å². The molecule has 0 aromatic heterocycles. The third-order valence-electron chi connectivity index (χ3n) is 5.06. The molecule has 1 N–H and O–H groups in total. The zero-order chi connectivity index (χ0) is 18.1. The first kappa shape index (κ1) is 19.2. The van der Waals surface area contributed by atoms with Gasteiger partial charge in [-0.25, -0.2) is 0 Å². The molecular weight excluding hydrogens is 310 g/mol. The molecule has 0 radical (unpaired) electrons. The molecule has 1 aromatic carbocycles. The van der Waals surface area contributed by atoms with Gasteiger partial charge in [0.15, 0.2) is 5.78 Å². The van der Waals surface area contributed by atoms with Crippen LogP contribution >= 0.6 is 0 Å². The topological polar surface area (TPSA) is 46.2 Å². The Morgan fingerprint density at radius 3 is 2.40 bits per heavy atom. The fourth-order valence-electron chi connectivity index (χ4n) is 3.42. The predicted octanol–water partition coefficient (Wildman–Crippen LogP) is 4.35. The molecule has 0 atom stereocenters. The van der Waals surface area contributed by atoms with E-state index >= 15 is 0 Å². The van der Waals surface area contributed by atoms with E-state index in [1.54, 1.807) is 19.1 Å². The van der Waals surface area contributed by atoms with E-state index < -0.39 is 0 Å². The molecule has 0 saturated heterocycles. The number of unbranched alkanes of at least 4 members (excludes halogenated alkanes) is 1. The van der Waals surface area contributed by atoms with E-state index in [1.165, 1.54) is 32.1 Å². The number of benzene rings is 1.